The molecule has 0 amide bonds. The normalized spacial score (nSPS) is 48.8. The number of hydrogen-bond acceptors (Lipinski definition) is 13. The Balaban J connectivity index is 1.84. The first-order valence-corrected chi connectivity index (χ1v) is 13.2. The number of rotatable bonds is 9. The molecule has 1 aliphatic carbocycles. The summed E-state index contributed by atoms with van der Waals surface area (Å²) in [5.41, 5.74) is 18.5. The van der Waals surface area contributed by atoms with Gasteiger partial charge >= 0.3 is 0 Å². The molecule has 13 heteroatoms. The highest BCUT2D eigenvalue weighted by molar-refractivity contribution is 5.01. The van der Waals surface area contributed by atoms with E-state index in [1.807, 2.05) is 0 Å². The Bertz CT molecular complexity index is 718. The average molecular weight is 538 g/mol. The summed E-state index contributed by atoms with van der Waals surface area (Å²) in [7, 11) is 0. The minimum atomic E-state index is -1.46. The van der Waals surface area contributed by atoms with Crippen LogP contribution < -0.4 is 17.2 Å². The Morgan fingerprint density at radius 1 is 0.784 bits per heavy atom. The molecule has 2 saturated heterocycles. The molecule has 2 aliphatic heterocycles. The molecule has 0 spiro atoms. The Morgan fingerprint density at radius 3 is 1.89 bits per heavy atom. The lowest BCUT2D eigenvalue weighted by atomic mass is 9.76. The van der Waals surface area contributed by atoms with Gasteiger partial charge in [0.25, 0.3) is 0 Å². The van der Waals surface area contributed by atoms with Gasteiger partial charge in [-0.15, -0.1) is 0 Å². The van der Waals surface area contributed by atoms with E-state index in [-0.39, 0.29) is 5.92 Å². The topological polar surface area (TPSA) is 236 Å². The van der Waals surface area contributed by atoms with Crippen molar-refractivity contribution in [3.63, 3.8) is 0 Å². The van der Waals surface area contributed by atoms with Gasteiger partial charge in [-0.25, -0.2) is 0 Å². The van der Waals surface area contributed by atoms with Crippen molar-refractivity contribution >= 4 is 0 Å². The molecule has 3 fully saturated rings. The molecule has 16 atom stereocenters. The molecule has 13 nitrogen and oxygen atoms in total. The minimum absolute atomic E-state index is 0.242. The number of aliphatic hydroxyl groups excluding tert-OH is 6. The van der Waals surface area contributed by atoms with Crippen LogP contribution in [0.25, 0.3) is 0 Å². The first-order valence-electron chi connectivity index (χ1n) is 13.2. The van der Waals surface area contributed by atoms with Crippen molar-refractivity contribution in [2.45, 2.75) is 139 Å². The zero-order valence-corrected chi connectivity index (χ0v) is 22.0. The molecule has 0 aromatic carbocycles. The van der Waals surface area contributed by atoms with E-state index in [0.717, 1.165) is 6.42 Å². The van der Waals surface area contributed by atoms with Gasteiger partial charge in [-0.2, -0.15) is 0 Å². The smallest absolute Gasteiger partial charge is 0.187 e. The van der Waals surface area contributed by atoms with E-state index in [0.29, 0.717) is 18.8 Å². The SMILES string of the molecule is CC(C)CC[C@@H]1CC(N)[C@@H](O[C@H]2OC([C@@H](C)O)[C@@H](O)[C@H](O)C2N)[C@H](O[C@@H]2O[C@H]([C@H](C)N)[C@H](O)C2O)C1O. The lowest BCUT2D eigenvalue weighted by Gasteiger charge is -2.48. The maximum Gasteiger partial charge on any atom is 0.187 e. The van der Waals surface area contributed by atoms with Gasteiger partial charge in [-0.3, -0.25) is 0 Å². The molecule has 37 heavy (non-hydrogen) atoms. The first-order chi connectivity index (χ1) is 17.2. The lowest BCUT2D eigenvalue weighted by molar-refractivity contribution is -0.317. The molecule has 0 aromatic rings. The molecule has 3 rings (SSSR count). The van der Waals surface area contributed by atoms with Gasteiger partial charge in [0.15, 0.2) is 12.6 Å². The van der Waals surface area contributed by atoms with E-state index in [9.17, 15) is 30.6 Å². The molecule has 3 aliphatic rings. The van der Waals surface area contributed by atoms with E-state index in [4.69, 9.17) is 36.1 Å². The van der Waals surface area contributed by atoms with Crippen molar-refractivity contribution in [3.8, 4) is 0 Å². The van der Waals surface area contributed by atoms with Gasteiger partial charge in [0.05, 0.1) is 18.2 Å². The van der Waals surface area contributed by atoms with Crippen molar-refractivity contribution in [3.05, 3.63) is 0 Å². The van der Waals surface area contributed by atoms with Crippen LogP contribution in [0.5, 0.6) is 0 Å². The fourth-order valence-corrected chi connectivity index (χ4v) is 5.46. The van der Waals surface area contributed by atoms with Gasteiger partial charge in [-0.1, -0.05) is 20.3 Å². The van der Waals surface area contributed by atoms with Crippen LogP contribution in [-0.4, -0.2) is 122 Å². The van der Waals surface area contributed by atoms with Gasteiger partial charge < -0.3 is 66.8 Å². The van der Waals surface area contributed by atoms with Crippen LogP contribution in [-0.2, 0) is 18.9 Å². The summed E-state index contributed by atoms with van der Waals surface area (Å²) < 4.78 is 23.5. The second-order valence-electron chi connectivity index (χ2n) is 11.4. The van der Waals surface area contributed by atoms with E-state index in [1.54, 1.807) is 6.92 Å². The third-order valence-electron chi connectivity index (χ3n) is 7.77. The van der Waals surface area contributed by atoms with E-state index >= 15 is 0 Å². The lowest BCUT2D eigenvalue weighted by Crippen LogP contribution is -2.67. The summed E-state index contributed by atoms with van der Waals surface area (Å²) in [6.07, 6.45) is -12.7. The van der Waals surface area contributed by atoms with Gasteiger partial charge in [-0.05, 0) is 38.5 Å². The summed E-state index contributed by atoms with van der Waals surface area (Å²) in [4.78, 5) is 0. The largest absolute Gasteiger partial charge is 0.391 e. The zero-order chi connectivity index (χ0) is 27.8. The first kappa shape index (κ1) is 31.0. The maximum absolute atomic E-state index is 11.4. The number of aliphatic hydroxyl groups is 6. The predicted octanol–water partition coefficient (Wildman–Crippen LogP) is -3.15. The van der Waals surface area contributed by atoms with Gasteiger partial charge in [0.2, 0.25) is 0 Å². The summed E-state index contributed by atoms with van der Waals surface area (Å²) in [5, 5.41) is 63.0. The number of nitrogens with two attached hydrogens (primary N) is 3. The second kappa shape index (κ2) is 12.8. The maximum atomic E-state index is 11.4. The Hall–Kier alpha value is -0.520. The molecule has 0 aromatic heterocycles. The van der Waals surface area contributed by atoms with Crippen LogP contribution in [0.2, 0.25) is 0 Å². The van der Waals surface area contributed by atoms with E-state index in [2.05, 4.69) is 13.8 Å². The van der Waals surface area contributed by atoms with Crippen LogP contribution in [0.15, 0.2) is 0 Å². The standard InChI is InChI=1S/C24H47N3O10/c1-8(2)5-6-11-7-12(26)21(36-23-13(27)15(30)16(31)20(35-23)10(4)28)22(14(11)29)37-24-18(33)17(32)19(34-24)9(3)25/h8-24,28-33H,5-7,25-27H2,1-4H3/t9-,10+,11+,12?,13?,14?,15+,16-,17+,18?,19+,20?,21+,22+,23+,24-/m0/s1. The Kier molecular flexibility index (Phi) is 10.7. The van der Waals surface area contributed by atoms with Gasteiger partial charge in [0.1, 0.15) is 48.8 Å². The van der Waals surface area contributed by atoms with E-state index < -0.39 is 91.7 Å². The van der Waals surface area contributed by atoms with Crippen LogP contribution in [0.3, 0.4) is 0 Å². The fourth-order valence-electron chi connectivity index (χ4n) is 5.46. The molecular formula is C24H47N3O10. The third kappa shape index (κ3) is 6.80. The van der Waals surface area contributed by atoms with Crippen molar-refractivity contribution in [2.75, 3.05) is 0 Å². The molecular weight excluding hydrogens is 490 g/mol. The predicted molar refractivity (Wildman–Crippen MR) is 131 cm³/mol. The fraction of sp³-hybridized carbons (Fsp3) is 1.00. The quantitative estimate of drug-likeness (QED) is 0.141. The summed E-state index contributed by atoms with van der Waals surface area (Å²) in [6, 6.07) is -2.45. The van der Waals surface area contributed by atoms with Crippen LogP contribution in [0.4, 0.5) is 0 Å². The molecule has 12 N–H and O–H groups in total. The van der Waals surface area contributed by atoms with Gasteiger partial charge in [0, 0.05) is 12.1 Å². The van der Waals surface area contributed by atoms with Crippen LogP contribution >= 0.6 is 0 Å². The highest BCUT2D eigenvalue weighted by Crippen LogP contribution is 2.37. The molecule has 1 saturated carbocycles. The third-order valence-corrected chi connectivity index (χ3v) is 7.77. The van der Waals surface area contributed by atoms with Crippen LogP contribution in [0, 0.1) is 11.8 Å². The van der Waals surface area contributed by atoms with E-state index in [1.165, 1.54) is 6.92 Å². The molecule has 218 valence electrons. The van der Waals surface area contributed by atoms with Crippen molar-refractivity contribution in [1.82, 2.24) is 0 Å². The van der Waals surface area contributed by atoms with Crippen LogP contribution in [0.1, 0.15) is 47.0 Å². The highest BCUT2D eigenvalue weighted by atomic mass is 16.7. The zero-order valence-electron chi connectivity index (χ0n) is 22.0. The molecule has 0 bridgehead atoms. The highest BCUT2D eigenvalue weighted by Gasteiger charge is 2.53. The molecule has 2 heterocycles. The summed E-state index contributed by atoms with van der Waals surface area (Å²) in [5.74, 6) is 0.158. The Labute approximate surface area is 217 Å². The minimum Gasteiger partial charge on any atom is -0.391 e. The van der Waals surface area contributed by atoms with Crippen molar-refractivity contribution in [1.29, 1.82) is 0 Å². The second-order valence-corrected chi connectivity index (χ2v) is 11.4. The number of hydrogen-bond donors (Lipinski definition) is 9. The Morgan fingerprint density at radius 2 is 1.35 bits per heavy atom. The molecule has 0 radical (unpaired) electrons. The van der Waals surface area contributed by atoms with Crippen molar-refractivity contribution < 1.29 is 49.6 Å². The summed E-state index contributed by atoms with van der Waals surface area (Å²) >= 11 is 0. The molecule has 5 unspecified atom stereocenters. The monoisotopic (exact) mass is 537 g/mol. The average Bonchev–Trinajstić information content (AvgIpc) is 3.10. The summed E-state index contributed by atoms with van der Waals surface area (Å²) in [6.45, 7) is 7.18. The van der Waals surface area contributed by atoms with Crippen molar-refractivity contribution in [2.24, 2.45) is 29.0 Å². The number of ether oxygens (including phenoxy) is 4.